The van der Waals surface area contributed by atoms with Gasteiger partial charge in [0.2, 0.25) is 0 Å². The second kappa shape index (κ2) is 7.70. The number of likely N-dealkylation sites (N-methyl/N-ethyl adjacent to an activating group) is 1. The molecule has 1 aromatic rings. The first-order valence-electron chi connectivity index (χ1n) is 7.53. The van der Waals surface area contributed by atoms with Crippen molar-refractivity contribution in [2.75, 3.05) is 20.6 Å². The maximum Gasteiger partial charge on any atom is 0.141 e. The number of aromatic nitrogens is 1. The van der Waals surface area contributed by atoms with Crippen LogP contribution in [0.4, 0.5) is 4.39 Å². The number of hydrogen-bond donors (Lipinski definition) is 1. The molecule has 3 nitrogen and oxygen atoms in total. The SMILES string of the molecule is CCCNC(c1cncc(F)c1)C(CC)(CC)N(C)C. The van der Waals surface area contributed by atoms with Gasteiger partial charge in [0, 0.05) is 11.7 Å². The molecule has 0 aliphatic carbocycles. The summed E-state index contributed by atoms with van der Waals surface area (Å²) in [7, 11) is 4.20. The average molecular weight is 281 g/mol. The van der Waals surface area contributed by atoms with Crippen molar-refractivity contribution in [3.63, 3.8) is 0 Å². The zero-order valence-electron chi connectivity index (χ0n) is 13.4. The van der Waals surface area contributed by atoms with Gasteiger partial charge in [0.05, 0.1) is 12.2 Å². The van der Waals surface area contributed by atoms with Crippen molar-refractivity contribution in [1.29, 1.82) is 0 Å². The molecule has 1 atom stereocenters. The predicted molar refractivity (Wildman–Crippen MR) is 82.2 cm³/mol. The first-order valence-corrected chi connectivity index (χ1v) is 7.53. The van der Waals surface area contributed by atoms with Gasteiger partial charge in [0.15, 0.2) is 0 Å². The molecule has 0 spiro atoms. The highest BCUT2D eigenvalue weighted by molar-refractivity contribution is 5.21. The molecule has 1 rings (SSSR count). The molecule has 114 valence electrons. The maximum absolute atomic E-state index is 13.5. The molecule has 0 aliphatic rings. The van der Waals surface area contributed by atoms with Crippen LogP contribution in [0.15, 0.2) is 18.5 Å². The van der Waals surface area contributed by atoms with Gasteiger partial charge in [0.25, 0.3) is 0 Å². The van der Waals surface area contributed by atoms with E-state index in [1.807, 2.05) is 0 Å². The fraction of sp³-hybridized carbons (Fsp3) is 0.688. The monoisotopic (exact) mass is 281 g/mol. The second-order valence-electron chi connectivity index (χ2n) is 5.53. The van der Waals surface area contributed by atoms with Crippen molar-refractivity contribution in [1.82, 2.24) is 15.2 Å². The lowest BCUT2D eigenvalue weighted by Crippen LogP contribution is -2.53. The predicted octanol–water partition coefficient (Wildman–Crippen LogP) is 3.38. The topological polar surface area (TPSA) is 28.2 Å². The molecule has 0 saturated carbocycles. The molecule has 1 N–H and O–H groups in total. The molecule has 1 aromatic heterocycles. The van der Waals surface area contributed by atoms with E-state index < -0.39 is 0 Å². The molecule has 1 heterocycles. The Balaban J connectivity index is 3.22. The van der Waals surface area contributed by atoms with Gasteiger partial charge in [-0.15, -0.1) is 0 Å². The molecule has 4 heteroatoms. The van der Waals surface area contributed by atoms with Crippen LogP contribution in [0.2, 0.25) is 0 Å². The zero-order valence-corrected chi connectivity index (χ0v) is 13.4. The number of halogens is 1. The minimum absolute atomic E-state index is 0.0371. The summed E-state index contributed by atoms with van der Waals surface area (Å²) in [5, 5.41) is 3.59. The molecular formula is C16H28FN3. The van der Waals surface area contributed by atoms with Crippen LogP contribution in [0.1, 0.15) is 51.6 Å². The summed E-state index contributed by atoms with van der Waals surface area (Å²) in [6, 6.07) is 1.68. The number of rotatable bonds is 8. The van der Waals surface area contributed by atoms with Gasteiger partial charge in [0.1, 0.15) is 5.82 Å². The van der Waals surface area contributed by atoms with E-state index in [0.717, 1.165) is 31.4 Å². The van der Waals surface area contributed by atoms with Crippen LogP contribution in [0, 0.1) is 5.82 Å². The van der Waals surface area contributed by atoms with E-state index in [1.54, 1.807) is 12.3 Å². The minimum Gasteiger partial charge on any atom is -0.308 e. The third-order valence-electron chi connectivity index (χ3n) is 4.31. The molecule has 1 unspecified atom stereocenters. The summed E-state index contributed by atoms with van der Waals surface area (Å²) in [6.07, 6.45) is 6.08. The Kier molecular flexibility index (Phi) is 6.56. The van der Waals surface area contributed by atoms with Gasteiger partial charge in [-0.1, -0.05) is 20.8 Å². The average Bonchev–Trinajstić information content (AvgIpc) is 2.43. The Bertz CT molecular complexity index is 402. The Hall–Kier alpha value is -1.00. The Morgan fingerprint density at radius 3 is 2.35 bits per heavy atom. The molecule has 0 aromatic carbocycles. The highest BCUT2D eigenvalue weighted by Crippen LogP contribution is 2.35. The first-order chi connectivity index (χ1) is 9.51. The van der Waals surface area contributed by atoms with Crippen LogP contribution in [0.25, 0.3) is 0 Å². The third-order valence-corrected chi connectivity index (χ3v) is 4.31. The van der Waals surface area contributed by atoms with E-state index in [9.17, 15) is 4.39 Å². The number of nitrogens with one attached hydrogen (secondary N) is 1. The summed E-state index contributed by atoms with van der Waals surface area (Å²) < 4.78 is 13.5. The second-order valence-corrected chi connectivity index (χ2v) is 5.53. The highest BCUT2D eigenvalue weighted by Gasteiger charge is 2.38. The summed E-state index contributed by atoms with van der Waals surface area (Å²) in [5.41, 5.74) is 0.890. The molecular weight excluding hydrogens is 253 g/mol. The van der Waals surface area contributed by atoms with Crippen molar-refractivity contribution in [2.45, 2.75) is 51.6 Å². The molecule has 0 amide bonds. The number of pyridine rings is 1. The van der Waals surface area contributed by atoms with Crippen LogP contribution in [0.5, 0.6) is 0 Å². The van der Waals surface area contributed by atoms with Crippen molar-refractivity contribution in [3.8, 4) is 0 Å². The van der Waals surface area contributed by atoms with E-state index in [0.29, 0.717) is 0 Å². The summed E-state index contributed by atoms with van der Waals surface area (Å²) in [6.45, 7) is 7.44. The van der Waals surface area contributed by atoms with Crippen LogP contribution < -0.4 is 5.32 Å². The fourth-order valence-electron chi connectivity index (χ4n) is 3.04. The summed E-state index contributed by atoms with van der Waals surface area (Å²) in [4.78, 5) is 6.28. The molecule has 0 bridgehead atoms. The molecule has 0 aliphatic heterocycles. The molecule has 20 heavy (non-hydrogen) atoms. The van der Waals surface area contributed by atoms with Gasteiger partial charge in [-0.3, -0.25) is 4.98 Å². The minimum atomic E-state index is -0.273. The Morgan fingerprint density at radius 1 is 1.25 bits per heavy atom. The number of nitrogens with zero attached hydrogens (tertiary/aromatic N) is 2. The van der Waals surface area contributed by atoms with E-state index >= 15 is 0 Å². The van der Waals surface area contributed by atoms with Gasteiger partial charge in [-0.05, 0) is 51.5 Å². The molecule has 0 radical (unpaired) electrons. The first kappa shape index (κ1) is 17.1. The normalized spacial score (nSPS) is 13.8. The van der Waals surface area contributed by atoms with Gasteiger partial charge in [-0.2, -0.15) is 0 Å². The van der Waals surface area contributed by atoms with Gasteiger partial charge >= 0.3 is 0 Å². The molecule has 0 fully saturated rings. The lowest BCUT2D eigenvalue weighted by Gasteiger charge is -2.45. The summed E-state index contributed by atoms with van der Waals surface area (Å²) >= 11 is 0. The van der Waals surface area contributed by atoms with E-state index in [4.69, 9.17) is 0 Å². The van der Waals surface area contributed by atoms with Crippen LogP contribution in [-0.4, -0.2) is 36.1 Å². The van der Waals surface area contributed by atoms with Crippen LogP contribution >= 0.6 is 0 Å². The van der Waals surface area contributed by atoms with E-state index in [1.165, 1.54) is 6.20 Å². The third kappa shape index (κ3) is 3.55. The lowest BCUT2D eigenvalue weighted by molar-refractivity contribution is 0.0878. The standard InChI is InChI=1S/C16H28FN3/c1-6-9-19-15(13-10-14(17)12-18-11-13)16(7-2,8-3)20(4)5/h10-12,15,19H,6-9H2,1-5H3. The van der Waals surface area contributed by atoms with E-state index in [-0.39, 0.29) is 17.4 Å². The van der Waals surface area contributed by atoms with E-state index in [2.05, 4.69) is 50.1 Å². The highest BCUT2D eigenvalue weighted by atomic mass is 19.1. The summed E-state index contributed by atoms with van der Waals surface area (Å²) in [5.74, 6) is -0.273. The smallest absolute Gasteiger partial charge is 0.141 e. The van der Waals surface area contributed by atoms with Crippen molar-refractivity contribution >= 4 is 0 Å². The lowest BCUT2D eigenvalue weighted by atomic mass is 9.80. The van der Waals surface area contributed by atoms with Gasteiger partial charge < -0.3 is 10.2 Å². The number of hydrogen-bond acceptors (Lipinski definition) is 3. The fourth-order valence-corrected chi connectivity index (χ4v) is 3.04. The Labute approximate surface area is 122 Å². The Morgan fingerprint density at radius 2 is 1.90 bits per heavy atom. The van der Waals surface area contributed by atoms with Gasteiger partial charge in [-0.25, -0.2) is 4.39 Å². The largest absolute Gasteiger partial charge is 0.308 e. The molecule has 0 saturated heterocycles. The maximum atomic E-state index is 13.5. The van der Waals surface area contributed by atoms with Crippen LogP contribution in [0.3, 0.4) is 0 Å². The van der Waals surface area contributed by atoms with Crippen LogP contribution in [-0.2, 0) is 0 Å². The van der Waals surface area contributed by atoms with Crippen molar-refractivity contribution < 1.29 is 4.39 Å². The van der Waals surface area contributed by atoms with Crippen molar-refractivity contribution in [3.05, 3.63) is 29.8 Å². The van der Waals surface area contributed by atoms with Crippen molar-refractivity contribution in [2.24, 2.45) is 0 Å². The zero-order chi connectivity index (χ0) is 15.2. The quantitative estimate of drug-likeness (QED) is 0.792.